The van der Waals surface area contributed by atoms with E-state index in [0.717, 1.165) is 5.56 Å². The van der Waals surface area contributed by atoms with E-state index in [0.29, 0.717) is 11.3 Å². The van der Waals surface area contributed by atoms with Crippen LogP contribution in [0.2, 0.25) is 5.02 Å². The summed E-state index contributed by atoms with van der Waals surface area (Å²) < 4.78 is 0. The molecule has 0 aliphatic heterocycles. The van der Waals surface area contributed by atoms with Gasteiger partial charge in [-0.2, -0.15) is 5.26 Å². The fourth-order valence-corrected chi connectivity index (χ4v) is 2.16. The lowest BCUT2D eigenvalue weighted by atomic mass is 10.1. The summed E-state index contributed by atoms with van der Waals surface area (Å²) >= 11 is 5.74. The molecule has 7 heteroatoms. The van der Waals surface area contributed by atoms with Gasteiger partial charge in [-0.05, 0) is 36.3 Å². The van der Waals surface area contributed by atoms with Gasteiger partial charge in [-0.3, -0.25) is 14.9 Å². The molecule has 0 saturated heterocycles. The number of hydrogen-bond acceptors (Lipinski definition) is 4. The Morgan fingerprint density at radius 1 is 1.33 bits per heavy atom. The Morgan fingerprint density at radius 2 is 2.04 bits per heavy atom. The van der Waals surface area contributed by atoms with Crippen LogP contribution in [0, 0.1) is 28.4 Å². The van der Waals surface area contributed by atoms with E-state index in [1.54, 1.807) is 18.2 Å². The van der Waals surface area contributed by atoms with E-state index in [-0.39, 0.29) is 16.3 Å². The number of halogens is 1. The fraction of sp³-hybridized carbons (Fsp3) is 0.0588. The summed E-state index contributed by atoms with van der Waals surface area (Å²) in [6.45, 7) is 1.83. The van der Waals surface area contributed by atoms with Gasteiger partial charge in [0.15, 0.2) is 0 Å². The number of aryl methyl sites for hydroxylation is 1. The normalized spacial score (nSPS) is 10.8. The van der Waals surface area contributed by atoms with Crippen molar-refractivity contribution in [2.24, 2.45) is 0 Å². The van der Waals surface area contributed by atoms with Crippen molar-refractivity contribution >= 4 is 35.0 Å². The zero-order valence-electron chi connectivity index (χ0n) is 12.6. The molecule has 2 aromatic rings. The topological polar surface area (TPSA) is 96.0 Å². The SMILES string of the molecule is Cc1ccccc1NC(=O)/C(C#N)=C\c1ccc(Cl)c([N+](=O)[O-])c1. The zero-order valence-corrected chi connectivity index (χ0v) is 13.4. The van der Waals surface area contributed by atoms with E-state index < -0.39 is 10.8 Å². The van der Waals surface area contributed by atoms with Crippen molar-refractivity contribution in [1.29, 1.82) is 5.26 Å². The van der Waals surface area contributed by atoms with Crippen LogP contribution in [-0.4, -0.2) is 10.8 Å². The molecule has 0 aliphatic carbocycles. The van der Waals surface area contributed by atoms with Gasteiger partial charge >= 0.3 is 0 Å². The average Bonchev–Trinajstić information content (AvgIpc) is 2.55. The van der Waals surface area contributed by atoms with Crippen LogP contribution in [-0.2, 0) is 4.79 Å². The number of anilines is 1. The van der Waals surface area contributed by atoms with E-state index >= 15 is 0 Å². The van der Waals surface area contributed by atoms with Crippen molar-refractivity contribution in [3.8, 4) is 6.07 Å². The molecule has 0 fully saturated rings. The number of nitrogens with one attached hydrogen (secondary N) is 1. The van der Waals surface area contributed by atoms with Crippen molar-refractivity contribution in [1.82, 2.24) is 0 Å². The van der Waals surface area contributed by atoms with E-state index in [4.69, 9.17) is 11.6 Å². The standard InChI is InChI=1S/C17H12ClN3O3/c1-11-4-2-3-5-15(11)20-17(22)13(10-19)8-12-6-7-14(18)16(9-12)21(23)24/h2-9H,1H3,(H,20,22)/b13-8-. The first-order valence-corrected chi connectivity index (χ1v) is 7.23. The first-order chi connectivity index (χ1) is 11.4. The molecular weight excluding hydrogens is 330 g/mol. The third-order valence-corrected chi connectivity index (χ3v) is 3.56. The fourth-order valence-electron chi connectivity index (χ4n) is 1.98. The van der Waals surface area contributed by atoms with Crippen LogP contribution in [0.5, 0.6) is 0 Å². The van der Waals surface area contributed by atoms with E-state index in [9.17, 15) is 20.2 Å². The summed E-state index contributed by atoms with van der Waals surface area (Å²) in [4.78, 5) is 22.5. The number of carbonyl (C=O) groups is 1. The number of nitrogens with zero attached hydrogens (tertiary/aromatic N) is 2. The minimum atomic E-state index is -0.626. The molecule has 0 heterocycles. The predicted octanol–water partition coefficient (Wildman–Crippen LogP) is 4.10. The molecule has 2 aromatic carbocycles. The van der Waals surface area contributed by atoms with Gasteiger partial charge < -0.3 is 5.32 Å². The molecule has 0 radical (unpaired) electrons. The molecule has 24 heavy (non-hydrogen) atoms. The molecule has 1 N–H and O–H groups in total. The van der Waals surface area contributed by atoms with Crippen LogP contribution in [0.25, 0.3) is 6.08 Å². The number of para-hydroxylation sites is 1. The summed E-state index contributed by atoms with van der Waals surface area (Å²) in [6.07, 6.45) is 1.27. The average molecular weight is 342 g/mol. The van der Waals surface area contributed by atoms with Crippen molar-refractivity contribution < 1.29 is 9.72 Å². The molecule has 0 bridgehead atoms. The Labute approximate surface area is 143 Å². The molecule has 0 aliphatic rings. The van der Waals surface area contributed by atoms with Gasteiger partial charge in [0.25, 0.3) is 11.6 Å². The number of nitro benzene ring substituents is 1. The molecule has 1 amide bonds. The Balaban J connectivity index is 2.31. The van der Waals surface area contributed by atoms with Crippen LogP contribution in [0.3, 0.4) is 0 Å². The van der Waals surface area contributed by atoms with Crippen molar-refractivity contribution in [3.63, 3.8) is 0 Å². The lowest BCUT2D eigenvalue weighted by Crippen LogP contribution is -2.14. The molecule has 0 spiro atoms. The van der Waals surface area contributed by atoms with Crippen LogP contribution < -0.4 is 5.32 Å². The van der Waals surface area contributed by atoms with Gasteiger partial charge in [0.05, 0.1) is 4.92 Å². The zero-order chi connectivity index (χ0) is 17.7. The second-order valence-corrected chi connectivity index (χ2v) is 5.31. The summed E-state index contributed by atoms with van der Waals surface area (Å²) in [5.74, 6) is -0.593. The number of carbonyl (C=O) groups excluding carboxylic acids is 1. The number of rotatable bonds is 4. The van der Waals surface area contributed by atoms with Crippen LogP contribution in [0.15, 0.2) is 48.0 Å². The molecule has 0 aromatic heterocycles. The Hall–Kier alpha value is -3.17. The van der Waals surface area contributed by atoms with E-state index in [2.05, 4.69) is 5.32 Å². The van der Waals surface area contributed by atoms with Crippen LogP contribution in [0.4, 0.5) is 11.4 Å². The highest BCUT2D eigenvalue weighted by atomic mass is 35.5. The predicted molar refractivity (Wildman–Crippen MR) is 91.5 cm³/mol. The van der Waals surface area contributed by atoms with Gasteiger partial charge in [0.2, 0.25) is 0 Å². The number of hydrogen-bond donors (Lipinski definition) is 1. The van der Waals surface area contributed by atoms with E-state index in [1.807, 2.05) is 19.1 Å². The molecule has 0 atom stereocenters. The van der Waals surface area contributed by atoms with Gasteiger partial charge in [0.1, 0.15) is 16.7 Å². The highest BCUT2D eigenvalue weighted by Crippen LogP contribution is 2.26. The van der Waals surface area contributed by atoms with Crippen LogP contribution in [0.1, 0.15) is 11.1 Å². The second kappa shape index (κ2) is 7.40. The third-order valence-electron chi connectivity index (χ3n) is 3.24. The molecule has 120 valence electrons. The monoisotopic (exact) mass is 341 g/mol. The Kier molecular flexibility index (Phi) is 5.30. The Bertz CT molecular complexity index is 885. The number of benzene rings is 2. The van der Waals surface area contributed by atoms with Crippen LogP contribution >= 0.6 is 11.6 Å². The summed E-state index contributed by atoms with van der Waals surface area (Å²) in [5, 5.41) is 22.7. The Morgan fingerprint density at radius 3 is 2.67 bits per heavy atom. The summed E-state index contributed by atoms with van der Waals surface area (Å²) in [5.41, 5.74) is 1.32. The smallest absolute Gasteiger partial charge is 0.288 e. The van der Waals surface area contributed by atoms with Crippen molar-refractivity contribution in [2.45, 2.75) is 6.92 Å². The third kappa shape index (κ3) is 3.97. The first-order valence-electron chi connectivity index (χ1n) is 6.85. The summed E-state index contributed by atoms with van der Waals surface area (Å²) in [7, 11) is 0. The number of nitriles is 1. The number of amides is 1. The van der Waals surface area contributed by atoms with Gasteiger partial charge in [-0.1, -0.05) is 35.9 Å². The number of nitro groups is 1. The molecular formula is C17H12ClN3O3. The molecule has 0 unspecified atom stereocenters. The first kappa shape index (κ1) is 17.2. The maximum absolute atomic E-state index is 12.2. The van der Waals surface area contributed by atoms with Gasteiger partial charge in [-0.25, -0.2) is 0 Å². The van der Waals surface area contributed by atoms with Gasteiger partial charge in [0, 0.05) is 11.8 Å². The lowest BCUT2D eigenvalue weighted by molar-refractivity contribution is -0.384. The highest BCUT2D eigenvalue weighted by molar-refractivity contribution is 6.32. The largest absolute Gasteiger partial charge is 0.321 e. The maximum Gasteiger partial charge on any atom is 0.288 e. The van der Waals surface area contributed by atoms with Crippen molar-refractivity contribution in [3.05, 3.63) is 74.3 Å². The molecule has 2 rings (SSSR count). The quantitative estimate of drug-likeness (QED) is 0.392. The minimum absolute atomic E-state index is 0.0139. The van der Waals surface area contributed by atoms with Crippen molar-refractivity contribution in [2.75, 3.05) is 5.32 Å². The summed E-state index contributed by atoms with van der Waals surface area (Å²) in [6, 6.07) is 13.0. The minimum Gasteiger partial charge on any atom is -0.321 e. The van der Waals surface area contributed by atoms with E-state index in [1.165, 1.54) is 24.3 Å². The van der Waals surface area contributed by atoms with Gasteiger partial charge in [-0.15, -0.1) is 0 Å². The molecule has 0 saturated carbocycles. The highest BCUT2D eigenvalue weighted by Gasteiger charge is 2.14. The second-order valence-electron chi connectivity index (χ2n) is 4.91. The molecule has 6 nitrogen and oxygen atoms in total. The maximum atomic E-state index is 12.2. The lowest BCUT2D eigenvalue weighted by Gasteiger charge is -2.07.